The summed E-state index contributed by atoms with van der Waals surface area (Å²) in [5.41, 5.74) is 15.9. The molecule has 0 atom stereocenters. The van der Waals surface area contributed by atoms with E-state index >= 15 is 0 Å². The van der Waals surface area contributed by atoms with Crippen molar-refractivity contribution in [2.24, 2.45) is 11.5 Å². The molecule has 8 nitrogen and oxygen atoms in total. The number of primary amides is 1. The molecule has 0 bridgehead atoms. The Balaban J connectivity index is 1.69. The van der Waals surface area contributed by atoms with Crippen LogP contribution < -0.4 is 21.1 Å². The Kier molecular flexibility index (Phi) is 8.58. The van der Waals surface area contributed by atoms with E-state index in [0.29, 0.717) is 54.9 Å². The largest absolute Gasteiger partial charge is 0.488 e. The standard InChI is InChI=1S/C29H37FN6O2/c1-18(2)22-7-5-19(3)26(14-22)38-17-24-20(4)33-28(23-8-6-21(15-31)13-25(23)30)34-29(24)36-11-9-35(10-12-36)16-27(32)37/h5-8,13-14,18H,9-12,15-17,31H2,1-4H3,(H2,32,37). The number of carbonyl (C=O) groups is 1. The number of carbonyl (C=O) groups excluding carboxylic acids is 1. The number of halogens is 1. The van der Waals surface area contributed by atoms with Gasteiger partial charge in [0, 0.05) is 32.7 Å². The molecule has 202 valence electrons. The van der Waals surface area contributed by atoms with Gasteiger partial charge in [0.05, 0.1) is 23.4 Å². The third kappa shape index (κ3) is 6.28. The summed E-state index contributed by atoms with van der Waals surface area (Å²) in [7, 11) is 0. The molecular weight excluding hydrogens is 483 g/mol. The Hall–Kier alpha value is -3.56. The second kappa shape index (κ2) is 11.9. The van der Waals surface area contributed by atoms with Gasteiger partial charge in [-0.2, -0.15) is 0 Å². The first kappa shape index (κ1) is 27.5. The lowest BCUT2D eigenvalue weighted by Gasteiger charge is -2.36. The number of aryl methyl sites for hydroxylation is 2. The molecule has 38 heavy (non-hydrogen) atoms. The summed E-state index contributed by atoms with van der Waals surface area (Å²) in [5.74, 6) is 1.49. The highest BCUT2D eigenvalue weighted by Gasteiger charge is 2.25. The van der Waals surface area contributed by atoms with Crippen molar-refractivity contribution >= 4 is 11.7 Å². The highest BCUT2D eigenvalue weighted by Crippen LogP contribution is 2.30. The van der Waals surface area contributed by atoms with E-state index in [-0.39, 0.29) is 25.6 Å². The van der Waals surface area contributed by atoms with E-state index in [1.165, 1.54) is 11.6 Å². The lowest BCUT2D eigenvalue weighted by molar-refractivity contribution is -0.119. The zero-order chi connectivity index (χ0) is 27.4. The molecular formula is C29H37FN6O2. The van der Waals surface area contributed by atoms with Crippen LogP contribution in [0.4, 0.5) is 10.2 Å². The van der Waals surface area contributed by atoms with Crippen LogP contribution in [0.2, 0.25) is 0 Å². The van der Waals surface area contributed by atoms with Gasteiger partial charge >= 0.3 is 0 Å². The van der Waals surface area contributed by atoms with E-state index in [2.05, 4.69) is 41.9 Å². The fourth-order valence-corrected chi connectivity index (χ4v) is 4.62. The molecule has 1 aliphatic heterocycles. The first-order valence-electron chi connectivity index (χ1n) is 13.0. The van der Waals surface area contributed by atoms with E-state index in [1.54, 1.807) is 12.1 Å². The molecule has 0 unspecified atom stereocenters. The van der Waals surface area contributed by atoms with Gasteiger partial charge < -0.3 is 21.1 Å². The van der Waals surface area contributed by atoms with Gasteiger partial charge in [-0.1, -0.05) is 32.0 Å². The molecule has 0 spiro atoms. The third-order valence-corrected chi connectivity index (χ3v) is 7.00. The molecule has 1 aromatic heterocycles. The molecule has 9 heteroatoms. The van der Waals surface area contributed by atoms with Gasteiger partial charge in [-0.3, -0.25) is 9.69 Å². The molecule has 2 aromatic carbocycles. The van der Waals surface area contributed by atoms with Gasteiger partial charge in [0.25, 0.3) is 0 Å². The number of nitrogens with zero attached hydrogens (tertiary/aromatic N) is 4. The van der Waals surface area contributed by atoms with Crippen molar-refractivity contribution in [3.05, 3.63) is 70.2 Å². The Bertz CT molecular complexity index is 1300. The third-order valence-electron chi connectivity index (χ3n) is 7.00. The van der Waals surface area contributed by atoms with Gasteiger partial charge in [0.2, 0.25) is 5.91 Å². The number of ether oxygens (including phenoxy) is 1. The number of amides is 1. The molecule has 1 amide bonds. The number of rotatable bonds is 9. The van der Waals surface area contributed by atoms with Crippen LogP contribution in [0.25, 0.3) is 11.4 Å². The maximum Gasteiger partial charge on any atom is 0.231 e. The Morgan fingerprint density at radius 1 is 1.08 bits per heavy atom. The maximum atomic E-state index is 15.0. The number of aromatic nitrogens is 2. The van der Waals surface area contributed by atoms with E-state index in [9.17, 15) is 9.18 Å². The molecule has 4 rings (SSSR count). The topological polar surface area (TPSA) is 111 Å². The summed E-state index contributed by atoms with van der Waals surface area (Å²) < 4.78 is 21.3. The van der Waals surface area contributed by atoms with Crippen LogP contribution in [-0.2, 0) is 17.9 Å². The van der Waals surface area contributed by atoms with E-state index < -0.39 is 5.82 Å². The van der Waals surface area contributed by atoms with Crippen LogP contribution >= 0.6 is 0 Å². The maximum absolute atomic E-state index is 15.0. The lowest BCUT2D eigenvalue weighted by Crippen LogP contribution is -2.49. The van der Waals surface area contributed by atoms with Crippen molar-refractivity contribution in [1.29, 1.82) is 0 Å². The number of benzene rings is 2. The quantitative estimate of drug-likeness (QED) is 0.443. The highest BCUT2D eigenvalue weighted by atomic mass is 19.1. The Morgan fingerprint density at radius 2 is 1.82 bits per heavy atom. The van der Waals surface area contributed by atoms with Crippen molar-refractivity contribution in [2.75, 3.05) is 37.6 Å². The SMILES string of the molecule is Cc1ccc(C(C)C)cc1OCc1c(C)nc(-c2ccc(CN)cc2F)nc1N1CCN(CC(N)=O)CC1. The summed E-state index contributed by atoms with van der Waals surface area (Å²) in [6.45, 7) is 11.6. The van der Waals surface area contributed by atoms with Crippen molar-refractivity contribution in [3.8, 4) is 17.1 Å². The second-order valence-corrected chi connectivity index (χ2v) is 10.2. The van der Waals surface area contributed by atoms with Gasteiger partial charge in [0.1, 0.15) is 24.0 Å². The van der Waals surface area contributed by atoms with Gasteiger partial charge in [-0.15, -0.1) is 0 Å². The summed E-state index contributed by atoms with van der Waals surface area (Å²) in [6.07, 6.45) is 0. The minimum absolute atomic E-state index is 0.224. The molecule has 4 N–H and O–H groups in total. The van der Waals surface area contributed by atoms with Crippen molar-refractivity contribution in [2.45, 2.75) is 46.8 Å². The fraction of sp³-hybridized carbons (Fsp3) is 0.414. The lowest BCUT2D eigenvalue weighted by atomic mass is 10.0. The number of nitrogens with two attached hydrogens (primary N) is 2. The number of hydrogen-bond donors (Lipinski definition) is 2. The van der Waals surface area contributed by atoms with Crippen LogP contribution in [0, 0.1) is 19.7 Å². The van der Waals surface area contributed by atoms with Crippen LogP contribution in [0.3, 0.4) is 0 Å². The van der Waals surface area contributed by atoms with Crippen molar-refractivity contribution < 1.29 is 13.9 Å². The number of piperazine rings is 1. The van der Waals surface area contributed by atoms with Crippen molar-refractivity contribution in [3.63, 3.8) is 0 Å². The molecule has 3 aromatic rings. The molecule has 1 saturated heterocycles. The fourth-order valence-electron chi connectivity index (χ4n) is 4.62. The molecule has 1 fully saturated rings. The monoisotopic (exact) mass is 520 g/mol. The highest BCUT2D eigenvalue weighted by molar-refractivity contribution is 5.76. The Morgan fingerprint density at radius 3 is 2.45 bits per heavy atom. The normalized spacial score (nSPS) is 14.2. The van der Waals surface area contributed by atoms with Gasteiger partial charge in [-0.05, 0) is 54.7 Å². The zero-order valence-corrected chi connectivity index (χ0v) is 22.6. The van der Waals surface area contributed by atoms with Crippen LogP contribution in [-0.4, -0.2) is 53.5 Å². The summed E-state index contributed by atoms with van der Waals surface area (Å²) in [4.78, 5) is 25.1. The average Bonchev–Trinajstić information content (AvgIpc) is 2.88. The van der Waals surface area contributed by atoms with Crippen molar-refractivity contribution in [1.82, 2.24) is 14.9 Å². The number of hydrogen-bond acceptors (Lipinski definition) is 7. The summed E-state index contributed by atoms with van der Waals surface area (Å²) >= 11 is 0. The van der Waals surface area contributed by atoms with Crippen LogP contribution in [0.15, 0.2) is 36.4 Å². The molecule has 1 aliphatic rings. The molecule has 2 heterocycles. The predicted molar refractivity (Wildman–Crippen MR) is 148 cm³/mol. The van der Waals surface area contributed by atoms with E-state index in [4.69, 9.17) is 21.2 Å². The zero-order valence-electron chi connectivity index (χ0n) is 22.6. The van der Waals surface area contributed by atoms with E-state index in [0.717, 1.165) is 22.6 Å². The first-order chi connectivity index (χ1) is 18.2. The smallest absolute Gasteiger partial charge is 0.231 e. The predicted octanol–water partition coefficient (Wildman–Crippen LogP) is 3.67. The molecule has 0 saturated carbocycles. The minimum atomic E-state index is -0.408. The van der Waals surface area contributed by atoms with Crippen LogP contribution in [0.1, 0.15) is 47.7 Å². The Labute approximate surface area is 223 Å². The first-order valence-corrected chi connectivity index (χ1v) is 13.0. The number of anilines is 1. The van der Waals surface area contributed by atoms with Crippen LogP contribution in [0.5, 0.6) is 5.75 Å². The minimum Gasteiger partial charge on any atom is -0.488 e. The van der Waals surface area contributed by atoms with E-state index in [1.807, 2.05) is 18.7 Å². The summed E-state index contributed by atoms with van der Waals surface area (Å²) in [6, 6.07) is 11.2. The second-order valence-electron chi connectivity index (χ2n) is 10.2. The molecule has 0 aliphatic carbocycles. The van der Waals surface area contributed by atoms with Gasteiger partial charge in [0.15, 0.2) is 5.82 Å². The summed E-state index contributed by atoms with van der Waals surface area (Å²) in [5, 5.41) is 0. The molecule has 0 radical (unpaired) electrons. The van der Waals surface area contributed by atoms with Gasteiger partial charge in [-0.25, -0.2) is 14.4 Å². The average molecular weight is 521 g/mol.